The number of hydrogen-bond donors (Lipinski definition) is 2. The van der Waals surface area contributed by atoms with Crippen molar-refractivity contribution in [3.63, 3.8) is 0 Å². The third-order valence-corrected chi connectivity index (χ3v) is 8.08. The lowest BCUT2D eigenvalue weighted by atomic mass is 9.93. The van der Waals surface area contributed by atoms with Gasteiger partial charge in [0.05, 0.1) is 17.2 Å². The van der Waals surface area contributed by atoms with E-state index in [0.717, 1.165) is 11.6 Å². The van der Waals surface area contributed by atoms with E-state index in [2.05, 4.69) is 0 Å². The van der Waals surface area contributed by atoms with E-state index in [1.54, 1.807) is 48.5 Å². The first-order chi connectivity index (χ1) is 22.5. The first kappa shape index (κ1) is 33.4. The fraction of sp³-hybridized carbons (Fsp3) is 0.0526. The number of phenolic OH excluding ortho intramolecular Hbond substituents is 2. The molecule has 0 spiro atoms. The van der Waals surface area contributed by atoms with Gasteiger partial charge in [0.1, 0.15) is 40.5 Å². The van der Waals surface area contributed by atoms with Crippen molar-refractivity contribution in [2.24, 2.45) is 0 Å². The molecule has 0 aliphatic carbocycles. The van der Waals surface area contributed by atoms with Gasteiger partial charge in [0.15, 0.2) is 0 Å². The zero-order valence-electron chi connectivity index (χ0n) is 25.0. The van der Waals surface area contributed by atoms with Crippen molar-refractivity contribution < 1.29 is 32.5 Å². The van der Waals surface area contributed by atoms with Gasteiger partial charge in [-0.1, -0.05) is 71.7 Å². The maximum atomic E-state index is 14.3. The zero-order valence-corrected chi connectivity index (χ0v) is 26.5. The lowest BCUT2D eigenvalue weighted by Gasteiger charge is -2.16. The second-order valence-corrected chi connectivity index (χ2v) is 11.2. The Morgan fingerprint density at radius 3 is 1.45 bits per heavy atom. The van der Waals surface area contributed by atoms with E-state index in [-0.39, 0.29) is 44.6 Å². The van der Waals surface area contributed by atoms with E-state index in [1.807, 2.05) is 6.92 Å². The van der Waals surface area contributed by atoms with Crippen molar-refractivity contribution in [2.45, 2.75) is 6.92 Å². The van der Waals surface area contributed by atoms with Gasteiger partial charge in [-0.05, 0) is 72.6 Å². The van der Waals surface area contributed by atoms with Gasteiger partial charge in [-0.15, -0.1) is 0 Å². The van der Waals surface area contributed by atoms with Crippen LogP contribution in [-0.2, 0) is 0 Å². The van der Waals surface area contributed by atoms with Crippen LogP contribution in [-0.4, -0.2) is 17.3 Å². The number of aryl methyl sites for hydroxylation is 1. The molecule has 0 aromatic heterocycles. The van der Waals surface area contributed by atoms with Crippen LogP contribution in [0.5, 0.6) is 17.2 Å². The first-order valence-electron chi connectivity index (χ1n) is 14.1. The highest BCUT2D eigenvalue weighted by atomic mass is 35.5. The predicted octanol–water partition coefficient (Wildman–Crippen LogP) is 11.6. The van der Waals surface area contributed by atoms with Gasteiger partial charge in [0.2, 0.25) is 0 Å². The normalized spacial score (nSPS) is 10.7. The van der Waals surface area contributed by atoms with E-state index in [9.17, 15) is 27.8 Å². The molecule has 0 fully saturated rings. The minimum atomic E-state index is -0.627. The average molecular weight is 678 g/mol. The van der Waals surface area contributed by atoms with E-state index < -0.39 is 17.5 Å². The van der Waals surface area contributed by atoms with Crippen LogP contribution in [0.1, 0.15) is 5.56 Å². The van der Waals surface area contributed by atoms with Crippen LogP contribution in [0.25, 0.3) is 44.5 Å². The Kier molecular flexibility index (Phi) is 10.1. The molecule has 6 aromatic rings. The van der Waals surface area contributed by atoms with Crippen LogP contribution in [0.15, 0.2) is 109 Å². The Morgan fingerprint density at radius 2 is 0.936 bits per heavy atom. The van der Waals surface area contributed by atoms with Crippen molar-refractivity contribution in [1.29, 1.82) is 0 Å². The second-order valence-electron chi connectivity index (χ2n) is 10.4. The molecule has 3 nitrogen and oxygen atoms in total. The third-order valence-electron chi connectivity index (χ3n) is 7.45. The molecule has 2 N–H and O–H groups in total. The molecule has 0 unspecified atom stereocenters. The fourth-order valence-electron chi connectivity index (χ4n) is 5.19. The Labute approximate surface area is 278 Å². The van der Waals surface area contributed by atoms with Crippen LogP contribution in [0, 0.1) is 30.2 Å². The highest BCUT2D eigenvalue weighted by molar-refractivity contribution is 6.33. The lowest BCUT2D eigenvalue weighted by molar-refractivity contribution is 0.416. The monoisotopic (exact) mass is 676 g/mol. The first-order valence-corrected chi connectivity index (χ1v) is 14.9. The summed E-state index contributed by atoms with van der Waals surface area (Å²) < 4.78 is 62.0. The van der Waals surface area contributed by atoms with Crippen molar-refractivity contribution >= 4 is 23.2 Å². The van der Waals surface area contributed by atoms with Gasteiger partial charge < -0.3 is 14.9 Å². The molecule has 0 heterocycles. The molecule has 238 valence electrons. The number of halogens is 6. The molecule has 0 saturated heterocycles. The third kappa shape index (κ3) is 6.92. The summed E-state index contributed by atoms with van der Waals surface area (Å²) in [6.07, 6.45) is 0. The van der Waals surface area contributed by atoms with Crippen LogP contribution in [0.2, 0.25) is 10.0 Å². The van der Waals surface area contributed by atoms with Gasteiger partial charge in [-0.2, -0.15) is 0 Å². The molecular formula is C38H26Cl2F4O3. The Morgan fingerprint density at radius 1 is 0.489 bits per heavy atom. The Hall–Kier alpha value is -4.98. The van der Waals surface area contributed by atoms with E-state index in [1.165, 1.54) is 61.7 Å². The molecule has 0 atom stereocenters. The SMILES string of the molecule is COc1cc(C)c(-c2c(F)cccc2Cl)cc1-c1ccccc1F.Oc1cc(O)c(-c2c(F)cccc2Cl)cc1-c1ccccc1F. The molecule has 0 bridgehead atoms. The smallest absolute Gasteiger partial charge is 0.132 e. The number of hydrogen-bond acceptors (Lipinski definition) is 3. The molecule has 0 saturated carbocycles. The summed E-state index contributed by atoms with van der Waals surface area (Å²) in [6, 6.07) is 26.8. The van der Waals surface area contributed by atoms with Crippen LogP contribution in [0.4, 0.5) is 17.6 Å². The Bertz CT molecular complexity index is 2060. The van der Waals surface area contributed by atoms with Crippen molar-refractivity contribution in [2.75, 3.05) is 7.11 Å². The summed E-state index contributed by atoms with van der Waals surface area (Å²) in [4.78, 5) is 0. The van der Waals surface area contributed by atoms with Gasteiger partial charge >= 0.3 is 0 Å². The fourth-order valence-corrected chi connectivity index (χ4v) is 5.72. The standard InChI is InChI=1S/C20H15ClF2O.C18H11ClF2O2/c1-12-10-19(24-2)15(13-6-3-4-8-17(13)22)11-14(12)20-16(21)7-5-9-18(20)23;19-13-5-3-7-15(21)18(13)12-8-11(16(22)9-17(12)23)10-4-1-2-6-14(10)20/h3-11H,1-2H3;1-9,22-23H. The molecule has 0 aliphatic heterocycles. The van der Waals surface area contributed by atoms with Crippen molar-refractivity contribution in [1.82, 2.24) is 0 Å². The molecule has 9 heteroatoms. The summed E-state index contributed by atoms with van der Waals surface area (Å²) in [6.45, 7) is 1.84. The minimum Gasteiger partial charge on any atom is -0.507 e. The number of rotatable bonds is 5. The summed E-state index contributed by atoms with van der Waals surface area (Å²) in [7, 11) is 1.52. The zero-order chi connectivity index (χ0) is 33.8. The van der Waals surface area contributed by atoms with E-state index >= 15 is 0 Å². The van der Waals surface area contributed by atoms with Gasteiger partial charge in [-0.25, -0.2) is 17.6 Å². The highest BCUT2D eigenvalue weighted by Crippen LogP contribution is 2.44. The molecule has 47 heavy (non-hydrogen) atoms. The largest absolute Gasteiger partial charge is 0.507 e. The number of ether oxygens (including phenoxy) is 1. The Balaban J connectivity index is 0.000000185. The second kappa shape index (κ2) is 14.2. The van der Waals surface area contributed by atoms with Crippen LogP contribution < -0.4 is 4.74 Å². The predicted molar refractivity (Wildman–Crippen MR) is 179 cm³/mol. The number of phenols is 2. The summed E-state index contributed by atoms with van der Waals surface area (Å²) in [5, 5.41) is 20.5. The van der Waals surface area contributed by atoms with Gasteiger partial charge in [0.25, 0.3) is 0 Å². The topological polar surface area (TPSA) is 49.7 Å². The number of methoxy groups -OCH3 is 1. The summed E-state index contributed by atoms with van der Waals surface area (Å²) >= 11 is 12.2. The quantitative estimate of drug-likeness (QED) is 0.179. The lowest BCUT2D eigenvalue weighted by Crippen LogP contribution is -1.95. The molecular weight excluding hydrogens is 651 g/mol. The van der Waals surface area contributed by atoms with Crippen LogP contribution in [0.3, 0.4) is 0 Å². The molecule has 0 amide bonds. The molecule has 6 aromatic carbocycles. The summed E-state index contributed by atoms with van der Waals surface area (Å²) in [5.74, 6) is -2.11. The maximum Gasteiger partial charge on any atom is 0.132 e. The maximum absolute atomic E-state index is 14.3. The van der Waals surface area contributed by atoms with Crippen molar-refractivity contribution in [3.05, 3.63) is 148 Å². The number of aromatic hydroxyl groups is 2. The van der Waals surface area contributed by atoms with Crippen molar-refractivity contribution in [3.8, 4) is 61.8 Å². The minimum absolute atomic E-state index is 0.00995. The average Bonchev–Trinajstić information content (AvgIpc) is 3.03. The molecule has 6 rings (SSSR count). The van der Waals surface area contributed by atoms with Crippen LogP contribution >= 0.6 is 23.2 Å². The van der Waals surface area contributed by atoms with E-state index in [0.29, 0.717) is 33.0 Å². The summed E-state index contributed by atoms with van der Waals surface area (Å²) in [5.41, 5.74) is 2.98. The number of benzene rings is 6. The highest BCUT2D eigenvalue weighted by Gasteiger charge is 2.20. The molecule has 0 aliphatic rings. The van der Waals surface area contributed by atoms with Gasteiger partial charge in [0, 0.05) is 45.0 Å². The molecule has 0 radical (unpaired) electrons. The van der Waals surface area contributed by atoms with E-state index in [4.69, 9.17) is 27.9 Å². The van der Waals surface area contributed by atoms with Gasteiger partial charge in [-0.3, -0.25) is 0 Å².